The molecule has 0 aliphatic heterocycles. The van der Waals surface area contributed by atoms with Gasteiger partial charge < -0.3 is 10.4 Å². The molecule has 9 heteroatoms. The number of unbranched alkanes of at least 4 members (excludes halogenated alkanes) is 7. The Morgan fingerprint density at radius 2 is 1.55 bits per heavy atom. The lowest BCUT2D eigenvalue weighted by Gasteiger charge is -2.62. The normalized spacial score (nSPS) is 35.6. The maximum Gasteiger partial charge on any atom is 0.453 e. The maximum absolute atomic E-state index is 12.9. The Kier molecular flexibility index (Phi) is 11.9. The number of carbonyl (C=O) groups is 2. The van der Waals surface area contributed by atoms with Crippen LogP contribution < -0.4 is 5.32 Å². The molecule has 0 spiro atoms. The van der Waals surface area contributed by atoms with Crippen molar-refractivity contribution in [1.29, 1.82) is 0 Å². The predicted octanol–water partition coefficient (Wildman–Crippen LogP) is 9.18. The number of aliphatic hydroxyl groups excluding tert-OH is 1. The molecule has 254 valence electrons. The Bertz CT molecular complexity index is 973. The van der Waals surface area contributed by atoms with Crippen LogP contribution in [0.1, 0.15) is 142 Å². The van der Waals surface area contributed by atoms with Crippen molar-refractivity contribution in [3.8, 4) is 0 Å². The molecular formula is C35H56F5NO3. The van der Waals surface area contributed by atoms with E-state index in [1.165, 1.54) is 38.5 Å². The smallest absolute Gasteiger partial charge is 0.393 e. The van der Waals surface area contributed by atoms with Crippen LogP contribution in [0.4, 0.5) is 22.0 Å². The first-order valence-corrected chi connectivity index (χ1v) is 17.6. The van der Waals surface area contributed by atoms with Crippen molar-refractivity contribution in [1.82, 2.24) is 5.32 Å². The third-order valence-corrected chi connectivity index (χ3v) is 12.6. The van der Waals surface area contributed by atoms with E-state index in [4.69, 9.17) is 0 Å². The molecular weight excluding hydrogens is 577 g/mol. The molecule has 4 nitrogen and oxygen atoms in total. The molecule has 2 N–H and O–H groups in total. The van der Waals surface area contributed by atoms with E-state index in [9.17, 15) is 36.6 Å². The van der Waals surface area contributed by atoms with E-state index >= 15 is 0 Å². The van der Waals surface area contributed by atoms with Crippen molar-refractivity contribution in [2.75, 3.05) is 6.54 Å². The number of nitrogens with one attached hydrogen (secondary N) is 1. The number of halogens is 5. The summed E-state index contributed by atoms with van der Waals surface area (Å²) in [7, 11) is 0. The number of alkyl halides is 5. The zero-order valence-electron chi connectivity index (χ0n) is 27.0. The minimum Gasteiger partial charge on any atom is -0.393 e. The largest absolute Gasteiger partial charge is 0.453 e. The molecule has 0 aromatic rings. The van der Waals surface area contributed by atoms with Crippen molar-refractivity contribution in [3.05, 3.63) is 0 Å². The molecule has 4 rings (SSSR count). The molecule has 3 unspecified atom stereocenters. The van der Waals surface area contributed by atoms with Gasteiger partial charge in [-0.25, -0.2) is 0 Å². The summed E-state index contributed by atoms with van der Waals surface area (Å²) < 4.78 is 62.4. The summed E-state index contributed by atoms with van der Waals surface area (Å²) in [6.07, 6.45) is 10.6. The SMILES string of the molecule is C[C@]12CCC(=O)CC1CC[C@@H]1[C@H]2C(CCCCCCCCCCC(=O)NCCCC(F)(F)C(F)(F)F)C[C@]2(C)C(O)CC[C@@H]12. The van der Waals surface area contributed by atoms with Crippen LogP contribution in [-0.2, 0) is 9.59 Å². The second kappa shape index (κ2) is 14.7. The quantitative estimate of drug-likeness (QED) is 0.140. The molecule has 0 aromatic heterocycles. The highest BCUT2D eigenvalue weighted by Crippen LogP contribution is 2.68. The fraction of sp³-hybridized carbons (Fsp3) is 0.943. The van der Waals surface area contributed by atoms with Crippen LogP contribution in [0.25, 0.3) is 0 Å². The molecule has 1 amide bonds. The second-order valence-electron chi connectivity index (χ2n) is 15.4. The van der Waals surface area contributed by atoms with Gasteiger partial charge in [0, 0.05) is 32.2 Å². The summed E-state index contributed by atoms with van der Waals surface area (Å²) in [6.45, 7) is 4.69. The molecule has 4 saturated carbocycles. The summed E-state index contributed by atoms with van der Waals surface area (Å²) in [5, 5.41) is 13.5. The van der Waals surface area contributed by atoms with Gasteiger partial charge in [-0.1, -0.05) is 65.2 Å². The number of carbonyl (C=O) groups excluding carboxylic acids is 2. The molecule has 0 saturated heterocycles. The number of hydrogen-bond acceptors (Lipinski definition) is 3. The van der Waals surface area contributed by atoms with Gasteiger partial charge in [0.2, 0.25) is 5.91 Å². The summed E-state index contributed by atoms with van der Waals surface area (Å²) in [4.78, 5) is 24.2. The molecule has 0 heterocycles. The first-order valence-electron chi connectivity index (χ1n) is 17.6. The van der Waals surface area contributed by atoms with Gasteiger partial charge in [0.15, 0.2) is 0 Å². The number of Topliss-reactive ketones (excluding diaryl/α,β-unsaturated/α-hetero) is 1. The van der Waals surface area contributed by atoms with E-state index in [1.54, 1.807) is 0 Å². The third-order valence-electron chi connectivity index (χ3n) is 12.6. The highest BCUT2D eigenvalue weighted by atomic mass is 19.4. The molecule has 0 radical (unpaired) electrons. The summed E-state index contributed by atoms with van der Waals surface area (Å²) >= 11 is 0. The van der Waals surface area contributed by atoms with E-state index in [0.29, 0.717) is 41.8 Å². The average Bonchev–Trinajstić information content (AvgIpc) is 3.25. The van der Waals surface area contributed by atoms with Crippen molar-refractivity contribution in [3.63, 3.8) is 0 Å². The Labute approximate surface area is 261 Å². The van der Waals surface area contributed by atoms with E-state index in [2.05, 4.69) is 19.2 Å². The molecule has 8 atom stereocenters. The lowest BCUT2D eigenvalue weighted by atomic mass is 9.42. The van der Waals surface area contributed by atoms with Crippen LogP contribution in [0.15, 0.2) is 0 Å². The van der Waals surface area contributed by atoms with E-state index < -0.39 is 24.9 Å². The average molecular weight is 634 g/mol. The number of amides is 1. The number of rotatable bonds is 15. The van der Waals surface area contributed by atoms with Gasteiger partial charge in [0.25, 0.3) is 0 Å². The van der Waals surface area contributed by atoms with Crippen LogP contribution >= 0.6 is 0 Å². The van der Waals surface area contributed by atoms with E-state index in [1.807, 2.05) is 0 Å². The monoisotopic (exact) mass is 633 g/mol. The Morgan fingerprint density at radius 3 is 2.23 bits per heavy atom. The second-order valence-corrected chi connectivity index (χ2v) is 15.4. The minimum absolute atomic E-state index is 0.0399. The first-order chi connectivity index (χ1) is 20.7. The highest BCUT2D eigenvalue weighted by Gasteiger charge is 2.62. The third kappa shape index (κ3) is 7.99. The summed E-state index contributed by atoms with van der Waals surface area (Å²) in [6, 6.07) is 0. The Hall–Kier alpha value is -1.25. The van der Waals surface area contributed by atoms with Gasteiger partial charge in [-0.3, -0.25) is 9.59 Å². The van der Waals surface area contributed by atoms with Crippen molar-refractivity contribution >= 4 is 11.7 Å². The molecule has 4 aliphatic rings. The fourth-order valence-electron chi connectivity index (χ4n) is 10.2. The van der Waals surface area contributed by atoms with Gasteiger partial charge in [-0.05, 0) is 91.8 Å². The minimum atomic E-state index is -5.55. The van der Waals surface area contributed by atoms with Crippen LogP contribution in [0, 0.1) is 40.4 Å². The van der Waals surface area contributed by atoms with E-state index in [0.717, 1.165) is 64.2 Å². The van der Waals surface area contributed by atoms with Gasteiger partial charge >= 0.3 is 12.1 Å². The molecule has 4 aliphatic carbocycles. The number of fused-ring (bicyclic) bond motifs is 5. The number of ketones is 1. The Morgan fingerprint density at radius 1 is 0.886 bits per heavy atom. The lowest BCUT2D eigenvalue weighted by molar-refractivity contribution is -0.284. The van der Waals surface area contributed by atoms with Crippen LogP contribution in [-0.4, -0.2) is 41.5 Å². The molecule has 44 heavy (non-hydrogen) atoms. The van der Waals surface area contributed by atoms with Gasteiger partial charge in [-0.15, -0.1) is 0 Å². The van der Waals surface area contributed by atoms with Crippen molar-refractivity contribution in [2.24, 2.45) is 40.4 Å². The fourth-order valence-corrected chi connectivity index (χ4v) is 10.2. The van der Waals surface area contributed by atoms with Crippen LogP contribution in [0.3, 0.4) is 0 Å². The van der Waals surface area contributed by atoms with Gasteiger partial charge in [0.05, 0.1) is 6.10 Å². The number of aliphatic hydroxyl groups is 1. The zero-order chi connectivity index (χ0) is 32.2. The van der Waals surface area contributed by atoms with Crippen molar-refractivity contribution in [2.45, 2.75) is 160 Å². The van der Waals surface area contributed by atoms with Crippen LogP contribution in [0.5, 0.6) is 0 Å². The zero-order valence-corrected chi connectivity index (χ0v) is 27.0. The molecule has 0 bridgehead atoms. The topological polar surface area (TPSA) is 66.4 Å². The molecule has 0 aromatic carbocycles. The summed E-state index contributed by atoms with van der Waals surface area (Å²) in [5.41, 5.74) is 0.299. The highest BCUT2D eigenvalue weighted by molar-refractivity contribution is 5.79. The van der Waals surface area contributed by atoms with Gasteiger partial charge in [-0.2, -0.15) is 22.0 Å². The van der Waals surface area contributed by atoms with Gasteiger partial charge in [0.1, 0.15) is 5.78 Å². The first kappa shape index (κ1) is 35.6. The molecule has 4 fully saturated rings. The summed E-state index contributed by atoms with van der Waals surface area (Å²) in [5.74, 6) is -1.41. The standard InChI is InChI=1S/C35H56F5NO3/c1-32-20-18-26(42)22-25(32)14-15-27-28-16-17-29(43)33(28,2)23-24(31(27)32)12-9-7-5-3-4-6-8-10-13-30(44)41-21-11-19-34(36,37)35(38,39)40/h24-25,27-29,31,43H,3-23H2,1-2H3,(H,41,44)/t24?,25?,27-,28-,29?,31+,32-,33-/m0/s1. The van der Waals surface area contributed by atoms with E-state index in [-0.39, 0.29) is 35.8 Å². The Balaban J connectivity index is 1.11. The van der Waals surface area contributed by atoms with Crippen molar-refractivity contribution < 1.29 is 36.6 Å². The number of hydrogen-bond donors (Lipinski definition) is 2. The predicted molar refractivity (Wildman–Crippen MR) is 161 cm³/mol. The lowest BCUT2D eigenvalue weighted by Crippen LogP contribution is -2.57. The van der Waals surface area contributed by atoms with Crippen LogP contribution in [0.2, 0.25) is 0 Å². The maximum atomic E-state index is 12.9.